The molecule has 2 rings (SSSR count). The predicted octanol–water partition coefficient (Wildman–Crippen LogP) is 2.47. The van der Waals surface area contributed by atoms with Crippen LogP contribution in [0.1, 0.15) is 11.6 Å². The third-order valence-corrected chi connectivity index (χ3v) is 3.74. The summed E-state index contributed by atoms with van der Waals surface area (Å²) in [6.45, 7) is 2.08. The number of hydrogen-bond donors (Lipinski definition) is 2. The van der Waals surface area contributed by atoms with Gasteiger partial charge in [0.05, 0.1) is 28.8 Å². The van der Waals surface area contributed by atoms with Gasteiger partial charge in [0.1, 0.15) is 5.75 Å². The molecular weight excluding hydrogens is 281 g/mol. The molecule has 1 aliphatic heterocycles. The average molecular weight is 293 g/mol. The molecule has 0 aromatic heterocycles. The minimum atomic E-state index is 0.0346. The van der Waals surface area contributed by atoms with Crippen LogP contribution in [-0.2, 0) is 4.74 Å². The maximum atomic E-state index is 9.90. The van der Waals surface area contributed by atoms with Gasteiger partial charge < -0.3 is 15.2 Å². The van der Waals surface area contributed by atoms with E-state index in [0.29, 0.717) is 22.7 Å². The van der Waals surface area contributed by atoms with Gasteiger partial charge in [0.2, 0.25) is 0 Å². The van der Waals surface area contributed by atoms with E-state index in [9.17, 15) is 5.11 Å². The van der Waals surface area contributed by atoms with Gasteiger partial charge in [-0.2, -0.15) is 0 Å². The lowest BCUT2D eigenvalue weighted by atomic mass is 10.1. The van der Waals surface area contributed by atoms with Crippen LogP contribution in [0.4, 0.5) is 0 Å². The second kappa shape index (κ2) is 4.70. The van der Waals surface area contributed by atoms with E-state index in [4.69, 9.17) is 16.3 Å². The molecule has 5 heteroatoms. The molecule has 0 amide bonds. The van der Waals surface area contributed by atoms with Crippen molar-refractivity contribution < 1.29 is 9.84 Å². The van der Waals surface area contributed by atoms with Crippen LogP contribution >= 0.6 is 27.5 Å². The molecule has 1 heterocycles. The van der Waals surface area contributed by atoms with Gasteiger partial charge in [0.25, 0.3) is 0 Å². The Morgan fingerprint density at radius 2 is 2.33 bits per heavy atom. The highest BCUT2D eigenvalue weighted by Gasteiger charge is 2.20. The Morgan fingerprint density at radius 3 is 3.00 bits per heavy atom. The first kappa shape index (κ1) is 11.2. The monoisotopic (exact) mass is 291 g/mol. The normalized spacial score (nSPS) is 21.6. The molecule has 1 aromatic rings. The maximum absolute atomic E-state index is 9.90. The van der Waals surface area contributed by atoms with Gasteiger partial charge >= 0.3 is 0 Å². The Kier molecular flexibility index (Phi) is 3.51. The van der Waals surface area contributed by atoms with Crippen LogP contribution in [0.3, 0.4) is 0 Å². The van der Waals surface area contributed by atoms with Crippen LogP contribution < -0.4 is 5.32 Å². The summed E-state index contributed by atoms with van der Waals surface area (Å²) in [6.07, 6.45) is 0. The summed E-state index contributed by atoms with van der Waals surface area (Å²) >= 11 is 9.11. The number of nitrogens with one attached hydrogen (secondary N) is 1. The van der Waals surface area contributed by atoms with E-state index < -0.39 is 0 Å². The van der Waals surface area contributed by atoms with Crippen LogP contribution in [0.25, 0.3) is 0 Å². The minimum absolute atomic E-state index is 0.0346. The van der Waals surface area contributed by atoms with Crippen LogP contribution in [0.15, 0.2) is 16.6 Å². The molecular formula is C10H11BrClNO2. The molecule has 2 N–H and O–H groups in total. The van der Waals surface area contributed by atoms with Crippen LogP contribution in [0, 0.1) is 0 Å². The van der Waals surface area contributed by atoms with E-state index in [1.807, 2.05) is 6.07 Å². The number of ether oxygens (including phenoxy) is 1. The number of benzene rings is 1. The lowest BCUT2D eigenvalue weighted by molar-refractivity contribution is 0.0760. The van der Waals surface area contributed by atoms with Gasteiger partial charge in [0.15, 0.2) is 0 Å². The van der Waals surface area contributed by atoms with Crippen molar-refractivity contribution in [2.24, 2.45) is 0 Å². The molecule has 1 aromatic carbocycles. The summed E-state index contributed by atoms with van der Waals surface area (Å²) in [6, 6.07) is 3.61. The first-order valence-electron chi connectivity index (χ1n) is 4.68. The van der Waals surface area contributed by atoms with Crippen LogP contribution in [0.5, 0.6) is 5.75 Å². The van der Waals surface area contributed by atoms with E-state index >= 15 is 0 Å². The van der Waals surface area contributed by atoms with Crippen LogP contribution in [-0.4, -0.2) is 24.9 Å². The summed E-state index contributed by atoms with van der Waals surface area (Å²) in [5, 5.41) is 13.7. The third kappa shape index (κ3) is 2.28. The molecule has 1 aliphatic rings. The number of hydrogen-bond acceptors (Lipinski definition) is 3. The highest BCUT2D eigenvalue weighted by atomic mass is 79.9. The molecule has 0 aliphatic carbocycles. The molecule has 82 valence electrons. The fourth-order valence-corrected chi connectivity index (χ4v) is 2.11. The number of rotatable bonds is 1. The van der Waals surface area contributed by atoms with Crippen molar-refractivity contribution in [1.29, 1.82) is 0 Å². The molecule has 0 spiro atoms. The van der Waals surface area contributed by atoms with Crippen molar-refractivity contribution in [3.05, 3.63) is 27.2 Å². The molecule has 0 radical (unpaired) electrons. The molecule has 15 heavy (non-hydrogen) atoms. The summed E-state index contributed by atoms with van der Waals surface area (Å²) in [7, 11) is 0. The van der Waals surface area contributed by atoms with E-state index in [1.165, 1.54) is 0 Å². The molecule has 3 nitrogen and oxygen atoms in total. The average Bonchev–Trinajstić information content (AvgIpc) is 2.27. The second-order valence-corrected chi connectivity index (χ2v) is 4.58. The first-order valence-corrected chi connectivity index (χ1v) is 5.85. The second-order valence-electron chi connectivity index (χ2n) is 3.38. The SMILES string of the molecule is Oc1c([C@@H]2COCCN2)ccc(Cl)c1Br. The van der Waals surface area contributed by atoms with Crippen molar-refractivity contribution in [2.75, 3.05) is 19.8 Å². The topological polar surface area (TPSA) is 41.5 Å². The van der Waals surface area contributed by atoms with Crippen molar-refractivity contribution in [1.82, 2.24) is 5.32 Å². The Bertz CT molecular complexity index is 367. The zero-order valence-corrected chi connectivity index (χ0v) is 10.3. The van der Waals surface area contributed by atoms with Crippen molar-refractivity contribution in [2.45, 2.75) is 6.04 Å². The van der Waals surface area contributed by atoms with E-state index in [0.717, 1.165) is 12.1 Å². The smallest absolute Gasteiger partial charge is 0.136 e. The van der Waals surface area contributed by atoms with Crippen molar-refractivity contribution in [3.63, 3.8) is 0 Å². The highest BCUT2D eigenvalue weighted by molar-refractivity contribution is 9.10. The van der Waals surface area contributed by atoms with Gasteiger partial charge in [-0.1, -0.05) is 17.7 Å². The Morgan fingerprint density at radius 1 is 1.53 bits per heavy atom. The van der Waals surface area contributed by atoms with Crippen molar-refractivity contribution in [3.8, 4) is 5.75 Å². The molecule has 1 saturated heterocycles. The zero-order chi connectivity index (χ0) is 10.8. The summed E-state index contributed by atoms with van der Waals surface area (Å²) in [5.74, 6) is 0.186. The van der Waals surface area contributed by atoms with Crippen LogP contribution in [0.2, 0.25) is 5.02 Å². The minimum Gasteiger partial charge on any atom is -0.506 e. The largest absolute Gasteiger partial charge is 0.506 e. The maximum Gasteiger partial charge on any atom is 0.136 e. The van der Waals surface area contributed by atoms with Gasteiger partial charge in [-0.05, 0) is 22.0 Å². The molecule has 0 saturated carbocycles. The highest BCUT2D eigenvalue weighted by Crippen LogP contribution is 2.37. The number of halogens is 2. The van der Waals surface area contributed by atoms with E-state index in [-0.39, 0.29) is 11.8 Å². The first-order chi connectivity index (χ1) is 7.20. The lowest BCUT2D eigenvalue weighted by Crippen LogP contribution is -2.34. The third-order valence-electron chi connectivity index (χ3n) is 2.40. The van der Waals surface area contributed by atoms with E-state index in [2.05, 4.69) is 21.2 Å². The van der Waals surface area contributed by atoms with Gasteiger partial charge in [-0.25, -0.2) is 0 Å². The Labute approximate surface area is 102 Å². The number of aromatic hydroxyl groups is 1. The standard InChI is InChI=1S/C10H11BrClNO2/c11-9-7(12)2-1-6(10(9)14)8-5-15-4-3-13-8/h1-2,8,13-14H,3-5H2/t8-/m0/s1. The summed E-state index contributed by atoms with van der Waals surface area (Å²) < 4.78 is 5.88. The molecule has 0 unspecified atom stereocenters. The predicted molar refractivity (Wildman–Crippen MR) is 62.4 cm³/mol. The number of phenols is 1. The summed E-state index contributed by atoms with van der Waals surface area (Å²) in [5.41, 5.74) is 0.811. The molecule has 1 fully saturated rings. The molecule has 1 atom stereocenters. The lowest BCUT2D eigenvalue weighted by Gasteiger charge is -2.25. The Hall–Kier alpha value is -0.290. The number of morpholine rings is 1. The number of phenolic OH excluding ortho intramolecular Hbond substituents is 1. The van der Waals surface area contributed by atoms with Gasteiger partial charge in [-0.15, -0.1) is 0 Å². The van der Waals surface area contributed by atoms with Gasteiger partial charge in [-0.3, -0.25) is 0 Å². The zero-order valence-electron chi connectivity index (χ0n) is 7.96. The fourth-order valence-electron chi connectivity index (χ4n) is 1.60. The Balaban J connectivity index is 2.31. The fraction of sp³-hybridized carbons (Fsp3) is 0.400. The van der Waals surface area contributed by atoms with Crippen molar-refractivity contribution >= 4 is 27.5 Å². The summed E-state index contributed by atoms with van der Waals surface area (Å²) in [4.78, 5) is 0. The van der Waals surface area contributed by atoms with E-state index in [1.54, 1.807) is 6.07 Å². The molecule has 0 bridgehead atoms. The van der Waals surface area contributed by atoms with Gasteiger partial charge in [0, 0.05) is 12.1 Å². The quantitative estimate of drug-likeness (QED) is 0.835.